The highest BCUT2D eigenvalue weighted by molar-refractivity contribution is 9.10. The first-order chi connectivity index (χ1) is 10.2. The maximum absolute atomic E-state index is 4.73. The lowest BCUT2D eigenvalue weighted by atomic mass is 10.2. The van der Waals surface area contributed by atoms with E-state index in [1.165, 1.54) is 48.1 Å². The van der Waals surface area contributed by atoms with Gasteiger partial charge in [0.2, 0.25) is 0 Å². The van der Waals surface area contributed by atoms with Crippen molar-refractivity contribution >= 4 is 15.9 Å². The van der Waals surface area contributed by atoms with E-state index in [1.54, 1.807) is 0 Å². The lowest BCUT2D eigenvalue weighted by Gasteiger charge is -2.25. The molecule has 1 aromatic rings. The van der Waals surface area contributed by atoms with Crippen LogP contribution in [0.25, 0.3) is 0 Å². The van der Waals surface area contributed by atoms with E-state index in [0.717, 1.165) is 32.1 Å². The van der Waals surface area contributed by atoms with E-state index >= 15 is 0 Å². The first kappa shape index (κ1) is 15.5. The summed E-state index contributed by atoms with van der Waals surface area (Å²) in [7, 11) is 0. The molecule has 0 aromatic carbocycles. The maximum atomic E-state index is 4.73. The monoisotopic (exact) mass is 354 g/mol. The summed E-state index contributed by atoms with van der Waals surface area (Å²) >= 11 is 3.78. The van der Waals surface area contributed by atoms with Gasteiger partial charge in [0.05, 0.1) is 15.9 Å². The summed E-state index contributed by atoms with van der Waals surface area (Å²) in [4.78, 5) is 2.64. The number of aromatic nitrogens is 2. The molecule has 2 aliphatic rings. The second kappa shape index (κ2) is 6.80. The molecule has 2 heterocycles. The standard InChI is InChI=1S/C16H27BrN4/c1-3-14-16(17)15(21(4-2)19-14)11-20-9-5-6-13(20)10-18-12-7-8-12/h12-13,18H,3-11H2,1-2H3. The van der Waals surface area contributed by atoms with E-state index in [1.807, 2.05) is 0 Å². The van der Waals surface area contributed by atoms with E-state index in [4.69, 9.17) is 5.10 Å². The van der Waals surface area contributed by atoms with E-state index in [-0.39, 0.29) is 0 Å². The van der Waals surface area contributed by atoms with Gasteiger partial charge in [-0.05, 0) is 61.5 Å². The van der Waals surface area contributed by atoms with Crippen molar-refractivity contribution in [1.29, 1.82) is 0 Å². The van der Waals surface area contributed by atoms with Gasteiger partial charge in [-0.25, -0.2) is 0 Å². The van der Waals surface area contributed by atoms with Crippen LogP contribution < -0.4 is 5.32 Å². The molecule has 2 fully saturated rings. The Bertz CT molecular complexity index is 481. The summed E-state index contributed by atoms with van der Waals surface area (Å²) < 4.78 is 3.40. The number of hydrogen-bond acceptors (Lipinski definition) is 3. The predicted octanol–water partition coefficient (Wildman–Crippen LogP) is 2.94. The van der Waals surface area contributed by atoms with Crippen molar-refractivity contribution in [3.05, 3.63) is 15.9 Å². The van der Waals surface area contributed by atoms with Crippen molar-refractivity contribution in [2.24, 2.45) is 0 Å². The smallest absolute Gasteiger partial charge is 0.0767 e. The summed E-state index contributed by atoms with van der Waals surface area (Å²) in [5.74, 6) is 0. The van der Waals surface area contributed by atoms with Gasteiger partial charge in [0, 0.05) is 31.7 Å². The highest BCUT2D eigenvalue weighted by Crippen LogP contribution is 2.27. The van der Waals surface area contributed by atoms with E-state index in [0.29, 0.717) is 6.04 Å². The van der Waals surface area contributed by atoms with Gasteiger partial charge in [-0.15, -0.1) is 0 Å². The highest BCUT2D eigenvalue weighted by Gasteiger charge is 2.29. The van der Waals surface area contributed by atoms with Crippen molar-refractivity contribution < 1.29 is 0 Å². The number of aryl methyl sites for hydroxylation is 2. The largest absolute Gasteiger partial charge is 0.312 e. The normalized spacial score (nSPS) is 23.1. The van der Waals surface area contributed by atoms with Gasteiger partial charge in [0.25, 0.3) is 0 Å². The Morgan fingerprint density at radius 1 is 1.29 bits per heavy atom. The molecule has 1 aliphatic heterocycles. The number of nitrogens with zero attached hydrogens (tertiary/aromatic N) is 3. The SMILES string of the molecule is CCc1nn(CC)c(CN2CCCC2CNC2CC2)c1Br. The van der Waals surface area contributed by atoms with Gasteiger partial charge in [0.1, 0.15) is 0 Å². The number of halogens is 1. The summed E-state index contributed by atoms with van der Waals surface area (Å²) in [5, 5.41) is 8.42. The summed E-state index contributed by atoms with van der Waals surface area (Å²) in [6, 6.07) is 1.51. The Labute approximate surface area is 136 Å². The molecule has 0 radical (unpaired) electrons. The van der Waals surface area contributed by atoms with Crippen LogP contribution in [0.5, 0.6) is 0 Å². The molecule has 1 saturated carbocycles. The predicted molar refractivity (Wildman–Crippen MR) is 89.4 cm³/mol. The number of likely N-dealkylation sites (tertiary alicyclic amines) is 1. The van der Waals surface area contributed by atoms with Gasteiger partial charge >= 0.3 is 0 Å². The van der Waals surface area contributed by atoms with Crippen molar-refractivity contribution in [3.8, 4) is 0 Å². The molecular weight excluding hydrogens is 328 g/mol. The molecule has 0 spiro atoms. The maximum Gasteiger partial charge on any atom is 0.0767 e. The van der Waals surface area contributed by atoms with Crippen LogP contribution in [0.4, 0.5) is 0 Å². The van der Waals surface area contributed by atoms with Crippen LogP contribution in [0.3, 0.4) is 0 Å². The first-order valence-electron chi connectivity index (χ1n) is 8.44. The van der Waals surface area contributed by atoms with Gasteiger partial charge in [-0.1, -0.05) is 6.92 Å². The van der Waals surface area contributed by atoms with Crippen LogP contribution in [0.2, 0.25) is 0 Å². The quantitative estimate of drug-likeness (QED) is 0.816. The molecule has 1 N–H and O–H groups in total. The zero-order valence-electron chi connectivity index (χ0n) is 13.2. The lowest BCUT2D eigenvalue weighted by Crippen LogP contribution is -2.38. The molecule has 21 heavy (non-hydrogen) atoms. The Kier molecular flexibility index (Phi) is 5.02. The average molecular weight is 355 g/mol. The third-order valence-corrected chi connectivity index (χ3v) is 5.68. The van der Waals surface area contributed by atoms with Crippen LogP contribution in [0.1, 0.15) is 50.9 Å². The summed E-state index contributed by atoms with van der Waals surface area (Å²) in [5.41, 5.74) is 2.55. The molecule has 118 valence electrons. The molecule has 1 aromatic heterocycles. The third kappa shape index (κ3) is 3.51. The van der Waals surface area contributed by atoms with Crippen molar-refractivity contribution in [1.82, 2.24) is 20.0 Å². The van der Waals surface area contributed by atoms with Gasteiger partial charge in [-0.3, -0.25) is 9.58 Å². The highest BCUT2D eigenvalue weighted by atomic mass is 79.9. The fourth-order valence-corrected chi connectivity index (χ4v) is 3.98. The zero-order chi connectivity index (χ0) is 14.8. The van der Waals surface area contributed by atoms with Crippen molar-refractivity contribution in [3.63, 3.8) is 0 Å². The van der Waals surface area contributed by atoms with Crippen LogP contribution in [0.15, 0.2) is 4.47 Å². The number of nitrogens with one attached hydrogen (secondary N) is 1. The van der Waals surface area contributed by atoms with E-state index in [9.17, 15) is 0 Å². The van der Waals surface area contributed by atoms with Gasteiger partial charge < -0.3 is 5.32 Å². The minimum absolute atomic E-state index is 0.697. The molecule has 1 atom stereocenters. The van der Waals surface area contributed by atoms with Crippen LogP contribution in [0, 0.1) is 0 Å². The molecule has 3 rings (SSSR count). The second-order valence-corrected chi connectivity index (χ2v) is 7.12. The Morgan fingerprint density at radius 2 is 2.10 bits per heavy atom. The molecule has 1 saturated heterocycles. The van der Waals surface area contributed by atoms with Crippen LogP contribution in [-0.2, 0) is 19.5 Å². The minimum Gasteiger partial charge on any atom is -0.312 e. The molecular formula is C16H27BrN4. The fraction of sp³-hybridized carbons (Fsp3) is 0.812. The van der Waals surface area contributed by atoms with Crippen LogP contribution >= 0.6 is 15.9 Å². The lowest BCUT2D eigenvalue weighted by molar-refractivity contribution is 0.231. The summed E-state index contributed by atoms with van der Waals surface area (Å²) in [6.45, 7) is 8.71. The molecule has 1 unspecified atom stereocenters. The van der Waals surface area contributed by atoms with Crippen molar-refractivity contribution in [2.45, 2.75) is 71.1 Å². The Balaban J connectivity index is 1.67. The first-order valence-corrected chi connectivity index (χ1v) is 9.23. The molecule has 0 bridgehead atoms. The van der Waals surface area contributed by atoms with Gasteiger partial charge in [0.15, 0.2) is 0 Å². The van der Waals surface area contributed by atoms with Crippen molar-refractivity contribution in [2.75, 3.05) is 13.1 Å². The fourth-order valence-electron chi connectivity index (χ4n) is 3.29. The second-order valence-electron chi connectivity index (χ2n) is 6.33. The van der Waals surface area contributed by atoms with Crippen LogP contribution in [-0.4, -0.2) is 39.9 Å². The molecule has 0 amide bonds. The molecule has 1 aliphatic carbocycles. The molecule has 5 heteroatoms. The van der Waals surface area contributed by atoms with E-state index in [2.05, 4.69) is 44.7 Å². The Hall–Kier alpha value is -0.390. The number of hydrogen-bond donors (Lipinski definition) is 1. The number of rotatable bonds is 7. The third-order valence-electron chi connectivity index (χ3n) is 4.77. The average Bonchev–Trinajstić information content (AvgIpc) is 3.14. The zero-order valence-corrected chi connectivity index (χ0v) is 14.8. The topological polar surface area (TPSA) is 33.1 Å². The van der Waals surface area contributed by atoms with E-state index < -0.39 is 0 Å². The van der Waals surface area contributed by atoms with Gasteiger partial charge in [-0.2, -0.15) is 5.10 Å². The Morgan fingerprint density at radius 3 is 2.76 bits per heavy atom. The summed E-state index contributed by atoms with van der Waals surface area (Å²) in [6.07, 6.45) is 6.41. The minimum atomic E-state index is 0.697. The molecule has 4 nitrogen and oxygen atoms in total.